The molecule has 0 aliphatic heterocycles. The highest BCUT2D eigenvalue weighted by Crippen LogP contribution is 2.36. The summed E-state index contributed by atoms with van der Waals surface area (Å²) >= 11 is 0. The Morgan fingerprint density at radius 3 is 2.25 bits per heavy atom. The highest BCUT2D eigenvalue weighted by Gasteiger charge is 2.27. The molecule has 7 heteroatoms. The second kappa shape index (κ2) is 7.47. The maximum absolute atomic E-state index is 12.6. The van der Waals surface area contributed by atoms with E-state index in [0.29, 0.717) is 5.75 Å². The Kier molecular flexibility index (Phi) is 5.39. The molecule has 0 amide bonds. The van der Waals surface area contributed by atoms with Crippen LogP contribution in [0.4, 0.5) is 4.79 Å². The first-order valence-corrected chi connectivity index (χ1v) is 6.92. The molecule has 0 bridgehead atoms. The van der Waals surface area contributed by atoms with E-state index < -0.39 is 18.0 Å². The molecule has 2 rings (SSSR count). The van der Waals surface area contributed by atoms with E-state index in [9.17, 15) is 14.7 Å². The molecule has 2 aromatic rings. The van der Waals surface area contributed by atoms with Crippen molar-refractivity contribution >= 4 is 11.9 Å². The molecule has 24 heavy (non-hydrogen) atoms. The van der Waals surface area contributed by atoms with Gasteiger partial charge in [-0.25, -0.2) is 4.79 Å². The number of hydrogen-bond donors (Lipinski definition) is 2. The second-order valence-electron chi connectivity index (χ2n) is 4.71. The van der Waals surface area contributed by atoms with Crippen LogP contribution in [0.15, 0.2) is 42.5 Å². The average Bonchev–Trinajstić information content (AvgIpc) is 2.59. The average molecular weight is 332 g/mol. The van der Waals surface area contributed by atoms with Crippen LogP contribution in [-0.4, -0.2) is 36.4 Å². The molecular weight excluding hydrogens is 316 g/mol. The second-order valence-corrected chi connectivity index (χ2v) is 4.71. The van der Waals surface area contributed by atoms with E-state index >= 15 is 0 Å². The lowest BCUT2D eigenvalue weighted by molar-refractivity contribution is 0.0737. The Bertz CT molecular complexity index is 754. The van der Waals surface area contributed by atoms with Crippen LogP contribution in [0.5, 0.6) is 17.2 Å². The molecule has 1 unspecified atom stereocenters. The first-order chi connectivity index (χ1) is 11.5. The zero-order chi connectivity index (χ0) is 17.7. The summed E-state index contributed by atoms with van der Waals surface area (Å²) < 4.78 is 14.9. The van der Waals surface area contributed by atoms with Crippen LogP contribution >= 0.6 is 0 Å². The van der Waals surface area contributed by atoms with Crippen molar-refractivity contribution in [1.29, 1.82) is 0 Å². The van der Waals surface area contributed by atoms with Gasteiger partial charge in [0, 0.05) is 5.56 Å². The zero-order valence-electron chi connectivity index (χ0n) is 13.1. The fraction of sp³-hybridized carbons (Fsp3) is 0.176. The van der Waals surface area contributed by atoms with Gasteiger partial charge in [0.05, 0.1) is 19.8 Å². The Balaban J connectivity index is 2.43. The zero-order valence-corrected chi connectivity index (χ0v) is 13.1. The van der Waals surface area contributed by atoms with Crippen LogP contribution in [-0.2, 0) is 0 Å². The Hall–Kier alpha value is -3.06. The number of carbonyl (C=O) groups is 2. The van der Waals surface area contributed by atoms with E-state index in [1.54, 1.807) is 12.1 Å². The molecule has 0 saturated heterocycles. The van der Waals surface area contributed by atoms with Crippen LogP contribution in [0, 0.1) is 0 Å². The van der Waals surface area contributed by atoms with Crippen molar-refractivity contribution in [3.05, 3.63) is 53.6 Å². The molecule has 0 heterocycles. The highest BCUT2D eigenvalue weighted by molar-refractivity contribution is 6.02. The summed E-state index contributed by atoms with van der Waals surface area (Å²) in [5.74, 6) is -0.302. The van der Waals surface area contributed by atoms with Gasteiger partial charge in [0.15, 0.2) is 17.3 Å². The minimum atomic E-state index is -1.58. The number of hydrogen-bond acceptors (Lipinski definition) is 6. The number of benzene rings is 2. The molecule has 126 valence electrons. The van der Waals surface area contributed by atoms with Crippen LogP contribution in [0.2, 0.25) is 0 Å². The fourth-order valence-corrected chi connectivity index (χ4v) is 2.27. The largest absolute Gasteiger partial charge is 0.511 e. The Morgan fingerprint density at radius 1 is 0.958 bits per heavy atom. The number of methoxy groups -OCH3 is 2. The van der Waals surface area contributed by atoms with E-state index in [-0.39, 0.29) is 22.6 Å². The molecule has 0 aromatic heterocycles. The van der Waals surface area contributed by atoms with Gasteiger partial charge in [-0.05, 0) is 18.2 Å². The summed E-state index contributed by atoms with van der Waals surface area (Å²) in [5.41, 5.74) is 0.143. The maximum atomic E-state index is 12.6. The van der Waals surface area contributed by atoms with Crippen molar-refractivity contribution in [3.63, 3.8) is 0 Å². The lowest BCUT2D eigenvalue weighted by Crippen LogP contribution is -2.16. The van der Waals surface area contributed by atoms with E-state index in [4.69, 9.17) is 14.6 Å². The SMILES string of the molecule is COc1cccc(C(O)C(=O)c2ccccc2OC(=O)O)c1OC. The first-order valence-electron chi connectivity index (χ1n) is 6.92. The van der Waals surface area contributed by atoms with Crippen molar-refractivity contribution in [3.8, 4) is 17.2 Å². The highest BCUT2D eigenvalue weighted by atomic mass is 16.7. The predicted molar refractivity (Wildman–Crippen MR) is 83.9 cm³/mol. The van der Waals surface area contributed by atoms with Crippen LogP contribution < -0.4 is 14.2 Å². The number of ketones is 1. The van der Waals surface area contributed by atoms with Gasteiger partial charge >= 0.3 is 6.16 Å². The van der Waals surface area contributed by atoms with Crippen LogP contribution in [0.3, 0.4) is 0 Å². The maximum Gasteiger partial charge on any atom is 0.511 e. The number of rotatable bonds is 6. The molecule has 0 aliphatic carbocycles. The smallest absolute Gasteiger partial charge is 0.493 e. The Morgan fingerprint density at radius 2 is 1.62 bits per heavy atom. The van der Waals surface area contributed by atoms with Crippen LogP contribution in [0.1, 0.15) is 22.0 Å². The van der Waals surface area contributed by atoms with Crippen molar-refractivity contribution in [2.45, 2.75) is 6.10 Å². The summed E-state index contributed by atoms with van der Waals surface area (Å²) in [6.45, 7) is 0. The monoisotopic (exact) mass is 332 g/mol. The molecule has 0 fully saturated rings. The van der Waals surface area contributed by atoms with Gasteiger partial charge < -0.3 is 24.4 Å². The molecule has 0 aliphatic rings. The third kappa shape index (κ3) is 3.47. The number of para-hydroxylation sites is 2. The molecule has 0 radical (unpaired) electrons. The number of Topliss-reactive ketones (excluding diaryl/α,β-unsaturated/α-hetero) is 1. The van der Waals surface area contributed by atoms with Gasteiger partial charge in [0.25, 0.3) is 0 Å². The molecule has 2 aromatic carbocycles. The third-order valence-corrected chi connectivity index (χ3v) is 3.33. The van der Waals surface area contributed by atoms with Gasteiger partial charge in [0.2, 0.25) is 0 Å². The summed E-state index contributed by atoms with van der Waals surface area (Å²) in [6.07, 6.45) is -3.13. The van der Waals surface area contributed by atoms with E-state index in [1.807, 2.05) is 0 Å². The van der Waals surface area contributed by atoms with Gasteiger partial charge in [0.1, 0.15) is 11.9 Å². The fourth-order valence-electron chi connectivity index (χ4n) is 2.27. The third-order valence-electron chi connectivity index (χ3n) is 3.33. The molecule has 1 atom stereocenters. The lowest BCUT2D eigenvalue weighted by Gasteiger charge is -2.17. The topological polar surface area (TPSA) is 102 Å². The van der Waals surface area contributed by atoms with Gasteiger partial charge in [-0.15, -0.1) is 0 Å². The predicted octanol–water partition coefficient (Wildman–Crippen LogP) is 2.68. The quantitative estimate of drug-likeness (QED) is 0.476. The lowest BCUT2D eigenvalue weighted by atomic mass is 9.98. The Labute approximate surface area is 138 Å². The standard InChI is InChI=1S/C17H16O7/c1-22-13-9-5-7-11(16(13)23-2)15(19)14(18)10-6-3-4-8-12(10)24-17(20)21/h3-9,15,19H,1-2H3,(H,20,21). The van der Waals surface area contributed by atoms with Crippen molar-refractivity contribution in [2.24, 2.45) is 0 Å². The summed E-state index contributed by atoms with van der Waals surface area (Å²) in [5, 5.41) is 19.2. The van der Waals surface area contributed by atoms with Crippen LogP contribution in [0.25, 0.3) is 0 Å². The van der Waals surface area contributed by atoms with Gasteiger partial charge in [-0.2, -0.15) is 0 Å². The van der Waals surface area contributed by atoms with Gasteiger partial charge in [-0.3, -0.25) is 4.79 Å². The first kappa shape index (κ1) is 17.3. The molecule has 7 nitrogen and oxygen atoms in total. The molecule has 2 N–H and O–H groups in total. The number of aliphatic hydroxyl groups is 1. The normalized spacial score (nSPS) is 11.5. The minimum absolute atomic E-state index is 0.0581. The van der Waals surface area contributed by atoms with Crippen molar-refractivity contribution in [1.82, 2.24) is 0 Å². The van der Waals surface area contributed by atoms with Gasteiger partial charge in [-0.1, -0.05) is 24.3 Å². The number of carboxylic acid groups (broad SMARTS) is 1. The summed E-state index contributed by atoms with van der Waals surface area (Å²) in [7, 11) is 2.83. The number of aliphatic hydroxyl groups excluding tert-OH is 1. The van der Waals surface area contributed by atoms with Crippen molar-refractivity contribution < 1.29 is 34.0 Å². The summed E-state index contributed by atoms with van der Waals surface area (Å²) in [4.78, 5) is 23.3. The molecular formula is C17H16O7. The number of ether oxygens (including phenoxy) is 3. The van der Waals surface area contributed by atoms with E-state index in [2.05, 4.69) is 4.74 Å². The van der Waals surface area contributed by atoms with E-state index in [0.717, 1.165) is 0 Å². The number of carbonyl (C=O) groups excluding carboxylic acids is 1. The van der Waals surface area contributed by atoms with Crippen molar-refractivity contribution in [2.75, 3.05) is 14.2 Å². The molecule has 0 saturated carbocycles. The summed E-state index contributed by atoms with van der Waals surface area (Å²) in [6, 6.07) is 10.5. The van der Waals surface area contributed by atoms with E-state index in [1.165, 1.54) is 44.6 Å². The minimum Gasteiger partial charge on any atom is -0.493 e. The molecule has 0 spiro atoms.